The van der Waals surface area contributed by atoms with E-state index in [-0.39, 0.29) is 26.7 Å². The maximum absolute atomic E-state index is 12.5. The first-order valence-electron chi connectivity index (χ1n) is 7.18. The number of nitrogens with one attached hydrogen (secondary N) is 1. The van der Waals surface area contributed by atoms with Gasteiger partial charge in [-0.25, -0.2) is 8.42 Å². The summed E-state index contributed by atoms with van der Waals surface area (Å²) >= 11 is 0. The lowest BCUT2D eigenvalue weighted by Crippen LogP contribution is -2.38. The Balaban J connectivity index is 2.79. The third-order valence-corrected chi connectivity index (χ3v) is 4.87. The van der Waals surface area contributed by atoms with E-state index in [0.29, 0.717) is 0 Å². The maximum Gasteiger partial charge on any atom is 0.347 e. The van der Waals surface area contributed by atoms with Crippen LogP contribution in [0.1, 0.15) is 23.1 Å². The van der Waals surface area contributed by atoms with E-state index < -0.39 is 45.2 Å². The van der Waals surface area contributed by atoms with Crippen LogP contribution >= 0.6 is 0 Å². The molecule has 0 aliphatic heterocycles. The van der Waals surface area contributed by atoms with Gasteiger partial charge < -0.3 is 20.4 Å². The van der Waals surface area contributed by atoms with Gasteiger partial charge in [-0.3, -0.25) is 4.79 Å². The molecular formula is C14H17N3O6S. The Bertz CT molecular complexity index is 935. The summed E-state index contributed by atoms with van der Waals surface area (Å²) in [5.74, 6) is -2.23. The molecule has 2 rings (SSSR count). The SMILES string of the molecule is CCNC(=O)c1c(CS(=O)(=O)CCO)n([O-])c2ccccc2[n+]1=O. The van der Waals surface area contributed by atoms with E-state index in [9.17, 15) is 23.3 Å². The molecule has 9 nitrogen and oxygen atoms in total. The van der Waals surface area contributed by atoms with Crippen LogP contribution in [0.5, 0.6) is 0 Å². The van der Waals surface area contributed by atoms with Crippen molar-refractivity contribution >= 4 is 26.8 Å². The van der Waals surface area contributed by atoms with Crippen LogP contribution in [0.4, 0.5) is 0 Å². The molecule has 24 heavy (non-hydrogen) atoms. The van der Waals surface area contributed by atoms with E-state index in [4.69, 9.17) is 5.11 Å². The number of sulfone groups is 1. The average Bonchev–Trinajstić information content (AvgIpc) is 2.52. The third-order valence-electron chi connectivity index (χ3n) is 3.35. The molecule has 1 heterocycles. The average molecular weight is 355 g/mol. The molecule has 130 valence electrons. The first-order chi connectivity index (χ1) is 11.3. The normalized spacial score (nSPS) is 11.6. The van der Waals surface area contributed by atoms with Crippen molar-refractivity contribution in [3.05, 3.63) is 45.8 Å². The van der Waals surface area contributed by atoms with Gasteiger partial charge in [0.05, 0.1) is 22.5 Å². The largest absolute Gasteiger partial charge is 0.805 e. The number of carbonyl (C=O) groups is 1. The molecule has 2 N–H and O–H groups in total. The fourth-order valence-corrected chi connectivity index (χ4v) is 3.39. The lowest BCUT2D eigenvalue weighted by Gasteiger charge is -2.18. The summed E-state index contributed by atoms with van der Waals surface area (Å²) in [5, 5.41) is 23.8. The van der Waals surface area contributed by atoms with Gasteiger partial charge in [-0.1, -0.05) is 12.1 Å². The van der Waals surface area contributed by atoms with Gasteiger partial charge in [0, 0.05) is 17.5 Å². The number of aliphatic hydroxyl groups excluding tert-OH is 1. The van der Waals surface area contributed by atoms with Crippen molar-refractivity contribution in [1.29, 1.82) is 0 Å². The number of aromatic nitrogens is 2. The summed E-state index contributed by atoms with van der Waals surface area (Å²) < 4.78 is 24.5. The van der Waals surface area contributed by atoms with Gasteiger partial charge in [0.1, 0.15) is 11.2 Å². The second kappa shape index (κ2) is 6.97. The maximum atomic E-state index is 12.5. The van der Waals surface area contributed by atoms with Crippen LogP contribution in [0.25, 0.3) is 11.0 Å². The first kappa shape index (κ1) is 17.9. The van der Waals surface area contributed by atoms with Crippen molar-refractivity contribution in [1.82, 2.24) is 10.0 Å². The Morgan fingerprint density at radius 3 is 2.67 bits per heavy atom. The van der Waals surface area contributed by atoms with Crippen molar-refractivity contribution in [3.63, 3.8) is 0 Å². The van der Waals surface area contributed by atoms with Crippen LogP contribution in [-0.4, -0.2) is 43.1 Å². The number of aliphatic hydroxyl groups is 1. The van der Waals surface area contributed by atoms with E-state index in [1.165, 1.54) is 24.3 Å². The molecule has 1 aromatic heterocycles. The molecule has 0 bridgehead atoms. The lowest BCUT2D eigenvalue weighted by atomic mass is 10.2. The number of carbonyl (C=O) groups excluding carboxylic acids is 1. The molecule has 1 amide bonds. The minimum absolute atomic E-state index is 0.0444. The number of nitrogens with zero attached hydrogens (tertiary/aromatic N) is 2. The number of benzene rings is 1. The van der Waals surface area contributed by atoms with Crippen LogP contribution < -0.4 is 9.74 Å². The molecule has 0 aliphatic rings. The van der Waals surface area contributed by atoms with Crippen molar-refractivity contribution < 1.29 is 22.7 Å². The van der Waals surface area contributed by atoms with E-state index >= 15 is 0 Å². The second-order valence-corrected chi connectivity index (χ2v) is 7.23. The van der Waals surface area contributed by atoms with Gasteiger partial charge in [-0.2, -0.15) is 0 Å². The molecule has 0 atom stereocenters. The number of para-hydroxylation sites is 2. The summed E-state index contributed by atoms with van der Waals surface area (Å²) in [7, 11) is -3.87. The lowest BCUT2D eigenvalue weighted by molar-refractivity contribution is -0.468. The smallest absolute Gasteiger partial charge is 0.347 e. The predicted octanol–water partition coefficient (Wildman–Crippen LogP) is -0.441. The number of hydrogen-bond donors (Lipinski definition) is 2. The molecule has 0 fully saturated rings. The van der Waals surface area contributed by atoms with Crippen LogP contribution in [-0.2, 0) is 15.6 Å². The summed E-state index contributed by atoms with van der Waals surface area (Å²) in [6.07, 6.45) is 0. The molecule has 0 saturated heterocycles. The zero-order chi connectivity index (χ0) is 17.9. The van der Waals surface area contributed by atoms with Crippen molar-refractivity contribution in [2.75, 3.05) is 18.9 Å². The van der Waals surface area contributed by atoms with Crippen LogP contribution in [0.3, 0.4) is 0 Å². The predicted molar refractivity (Wildman–Crippen MR) is 86.7 cm³/mol. The quantitative estimate of drug-likeness (QED) is 0.675. The molecule has 10 heteroatoms. The van der Waals surface area contributed by atoms with Crippen LogP contribution in [0.15, 0.2) is 24.3 Å². The Hall–Kier alpha value is -2.46. The Kier molecular flexibility index (Phi) is 5.20. The van der Waals surface area contributed by atoms with Gasteiger partial charge in [-0.15, -0.1) is 0 Å². The molecule has 0 unspecified atom stereocenters. The number of hydrogen-bond acceptors (Lipinski definition) is 6. The van der Waals surface area contributed by atoms with Crippen molar-refractivity contribution in [2.24, 2.45) is 0 Å². The monoisotopic (exact) mass is 355 g/mol. The first-order valence-corrected chi connectivity index (χ1v) is 9.00. The van der Waals surface area contributed by atoms with Crippen LogP contribution in [0, 0.1) is 10.1 Å². The number of fused-ring (bicyclic) bond motifs is 1. The van der Waals surface area contributed by atoms with E-state index in [2.05, 4.69) is 5.32 Å². The summed E-state index contributed by atoms with van der Waals surface area (Å²) in [4.78, 5) is 24.7. The highest BCUT2D eigenvalue weighted by Crippen LogP contribution is 2.17. The van der Waals surface area contributed by atoms with E-state index in [1.54, 1.807) is 6.92 Å². The number of amides is 1. The fourth-order valence-electron chi connectivity index (χ4n) is 2.30. The Morgan fingerprint density at radius 1 is 1.38 bits per heavy atom. The highest BCUT2D eigenvalue weighted by Gasteiger charge is 2.31. The minimum Gasteiger partial charge on any atom is -0.805 e. The summed E-state index contributed by atoms with van der Waals surface area (Å²) in [6, 6.07) is 5.78. The standard InChI is InChI=1S/C14H17N3O6S/c1-2-15-14(19)13-12(9-24(22,23)8-7-18)16(20)10-5-3-4-6-11(10)17(13)21/h3-6,18H,2,7-9H2,1H3,(H,15,19). The van der Waals surface area contributed by atoms with Crippen molar-refractivity contribution in [3.8, 4) is 0 Å². The van der Waals surface area contributed by atoms with Gasteiger partial charge >= 0.3 is 11.6 Å². The van der Waals surface area contributed by atoms with Crippen LogP contribution in [0.2, 0.25) is 0 Å². The molecule has 0 spiro atoms. The van der Waals surface area contributed by atoms with E-state index in [0.717, 1.165) is 0 Å². The molecule has 0 saturated carbocycles. The topological polar surface area (TPSA) is 134 Å². The Morgan fingerprint density at radius 2 is 2.04 bits per heavy atom. The van der Waals surface area contributed by atoms with Crippen molar-refractivity contribution in [2.45, 2.75) is 12.7 Å². The second-order valence-electron chi connectivity index (χ2n) is 5.05. The summed E-state index contributed by atoms with van der Waals surface area (Å²) in [5.41, 5.74) is -1.12. The van der Waals surface area contributed by atoms with Gasteiger partial charge in [0.2, 0.25) is 0 Å². The minimum atomic E-state index is -3.87. The fraction of sp³-hybridized carbons (Fsp3) is 0.357. The molecule has 0 radical (unpaired) electrons. The zero-order valence-corrected chi connectivity index (χ0v) is 13.7. The zero-order valence-electron chi connectivity index (χ0n) is 12.9. The summed E-state index contributed by atoms with van der Waals surface area (Å²) in [6.45, 7) is 1.21. The molecule has 2 aromatic rings. The molecular weight excluding hydrogens is 338 g/mol. The van der Waals surface area contributed by atoms with Gasteiger partial charge in [0.25, 0.3) is 5.52 Å². The Labute approximate surface area is 137 Å². The van der Waals surface area contributed by atoms with E-state index in [1.807, 2.05) is 0 Å². The molecule has 1 aromatic carbocycles. The third kappa shape index (κ3) is 3.39. The number of rotatable bonds is 6. The highest BCUT2D eigenvalue weighted by atomic mass is 32.2. The highest BCUT2D eigenvalue weighted by molar-refractivity contribution is 7.90. The van der Waals surface area contributed by atoms with Gasteiger partial charge in [0.15, 0.2) is 9.84 Å². The molecule has 0 aliphatic carbocycles. The van der Waals surface area contributed by atoms with Gasteiger partial charge in [-0.05, 0) is 13.0 Å².